The fourth-order valence-electron chi connectivity index (χ4n) is 2.40. The van der Waals surface area contributed by atoms with Crippen molar-refractivity contribution in [3.63, 3.8) is 0 Å². The molecule has 3 rings (SSSR count). The van der Waals surface area contributed by atoms with Gasteiger partial charge in [-0.25, -0.2) is 17.8 Å². The molecule has 0 fully saturated rings. The number of nitrogens with zero attached hydrogens (tertiary/aromatic N) is 1. The first-order valence-electron chi connectivity index (χ1n) is 8.74. The molecule has 0 bridgehead atoms. The molecule has 7 nitrogen and oxygen atoms in total. The number of aromatic nitrogens is 1. The van der Waals surface area contributed by atoms with Crippen molar-refractivity contribution < 1.29 is 26.7 Å². The van der Waals surface area contributed by atoms with Crippen molar-refractivity contribution in [1.29, 1.82) is 0 Å². The molecule has 1 amide bonds. The van der Waals surface area contributed by atoms with Crippen LogP contribution in [-0.4, -0.2) is 25.9 Å². The van der Waals surface area contributed by atoms with Gasteiger partial charge in [0.1, 0.15) is 0 Å². The summed E-state index contributed by atoms with van der Waals surface area (Å²) >= 11 is 1.16. The third kappa shape index (κ3) is 5.74. The van der Waals surface area contributed by atoms with Gasteiger partial charge in [0.25, 0.3) is 10.0 Å². The Morgan fingerprint density at radius 1 is 1.13 bits per heavy atom. The molecule has 2 aromatic carbocycles. The second kappa shape index (κ2) is 9.63. The summed E-state index contributed by atoms with van der Waals surface area (Å²) in [6, 6.07) is 9.28. The van der Waals surface area contributed by atoms with Crippen molar-refractivity contribution in [2.45, 2.75) is 17.7 Å². The van der Waals surface area contributed by atoms with E-state index in [-0.39, 0.29) is 41.1 Å². The number of amides is 1. The van der Waals surface area contributed by atoms with Gasteiger partial charge in [-0.05, 0) is 42.8 Å². The van der Waals surface area contributed by atoms with Crippen LogP contribution >= 0.6 is 11.3 Å². The number of halogens is 2. The lowest BCUT2D eigenvalue weighted by Crippen LogP contribution is -2.14. The largest absolute Gasteiger partial charge is 0.490 e. The maximum absolute atomic E-state index is 13.5. The number of carbonyl (C=O) groups is 1. The van der Waals surface area contributed by atoms with Gasteiger partial charge >= 0.3 is 0 Å². The van der Waals surface area contributed by atoms with Gasteiger partial charge in [0.15, 0.2) is 16.7 Å². The lowest BCUT2D eigenvalue weighted by atomic mass is 10.2. The van der Waals surface area contributed by atoms with Crippen LogP contribution in [0.1, 0.15) is 12.8 Å². The SMILES string of the molecule is O=C(CCCOc1cccc(F)c1F)Nc1ccc(S(=O)(=O)Nc2nccs2)cc1. The number of ether oxygens (including phenoxy) is 1. The summed E-state index contributed by atoms with van der Waals surface area (Å²) in [5.41, 5.74) is 0.422. The number of rotatable bonds is 9. The Kier molecular flexibility index (Phi) is 6.95. The van der Waals surface area contributed by atoms with Crippen LogP contribution in [0.2, 0.25) is 0 Å². The molecule has 2 N–H and O–H groups in total. The molecule has 0 aliphatic heterocycles. The molecule has 3 aromatic rings. The monoisotopic (exact) mass is 453 g/mol. The zero-order chi connectivity index (χ0) is 21.6. The average molecular weight is 453 g/mol. The first-order valence-corrected chi connectivity index (χ1v) is 11.1. The van der Waals surface area contributed by atoms with E-state index < -0.39 is 21.7 Å². The van der Waals surface area contributed by atoms with Crippen LogP contribution < -0.4 is 14.8 Å². The molecular formula is C19H17F2N3O4S2. The van der Waals surface area contributed by atoms with Crippen LogP contribution in [-0.2, 0) is 14.8 Å². The number of benzene rings is 2. The molecule has 0 atom stereocenters. The third-order valence-electron chi connectivity index (χ3n) is 3.82. The Morgan fingerprint density at radius 2 is 1.90 bits per heavy atom. The van der Waals surface area contributed by atoms with E-state index in [9.17, 15) is 22.0 Å². The number of hydrogen-bond acceptors (Lipinski definition) is 6. The molecule has 0 unspecified atom stereocenters. The zero-order valence-electron chi connectivity index (χ0n) is 15.5. The number of hydrogen-bond donors (Lipinski definition) is 2. The van der Waals surface area contributed by atoms with Gasteiger partial charge in [0, 0.05) is 23.7 Å². The molecule has 0 saturated carbocycles. The minimum Gasteiger partial charge on any atom is -0.490 e. The van der Waals surface area contributed by atoms with E-state index in [4.69, 9.17) is 4.74 Å². The standard InChI is InChI=1S/C19H17F2N3O4S2/c20-15-3-1-4-16(18(15)21)28-11-2-5-17(25)23-13-6-8-14(9-7-13)30(26,27)24-19-22-10-12-29-19/h1,3-4,6-10,12H,2,5,11H2,(H,22,24)(H,23,25). The highest BCUT2D eigenvalue weighted by molar-refractivity contribution is 7.93. The van der Waals surface area contributed by atoms with Crippen LogP contribution in [0.3, 0.4) is 0 Å². The minimum atomic E-state index is -3.77. The smallest absolute Gasteiger partial charge is 0.263 e. The predicted octanol–water partition coefficient (Wildman–Crippen LogP) is 4.02. The number of anilines is 2. The van der Waals surface area contributed by atoms with Crippen LogP contribution in [0.5, 0.6) is 5.75 Å². The van der Waals surface area contributed by atoms with E-state index in [0.29, 0.717) is 5.69 Å². The van der Waals surface area contributed by atoms with Crippen molar-refractivity contribution in [2.75, 3.05) is 16.6 Å². The highest BCUT2D eigenvalue weighted by Gasteiger charge is 2.15. The van der Waals surface area contributed by atoms with E-state index in [1.54, 1.807) is 5.38 Å². The van der Waals surface area contributed by atoms with Crippen molar-refractivity contribution in [3.05, 3.63) is 65.7 Å². The number of sulfonamides is 1. The van der Waals surface area contributed by atoms with Crippen molar-refractivity contribution in [3.8, 4) is 5.75 Å². The van der Waals surface area contributed by atoms with Crippen molar-refractivity contribution in [1.82, 2.24) is 4.98 Å². The van der Waals surface area contributed by atoms with E-state index >= 15 is 0 Å². The first-order chi connectivity index (χ1) is 14.3. The van der Waals surface area contributed by atoms with Gasteiger partial charge in [0.2, 0.25) is 11.7 Å². The second-order valence-corrected chi connectivity index (χ2v) is 8.60. The lowest BCUT2D eigenvalue weighted by molar-refractivity contribution is -0.116. The lowest BCUT2D eigenvalue weighted by Gasteiger charge is -2.09. The normalized spacial score (nSPS) is 11.1. The highest BCUT2D eigenvalue weighted by Crippen LogP contribution is 2.21. The molecule has 0 saturated heterocycles. The Balaban J connectivity index is 1.47. The Labute approximate surface area is 175 Å². The Bertz CT molecular complexity index is 1110. The van der Waals surface area contributed by atoms with Gasteiger partial charge in [0.05, 0.1) is 11.5 Å². The summed E-state index contributed by atoms with van der Waals surface area (Å²) in [6.07, 6.45) is 1.86. The summed E-state index contributed by atoms with van der Waals surface area (Å²) in [5, 5.41) is 4.54. The molecule has 0 radical (unpaired) electrons. The second-order valence-electron chi connectivity index (χ2n) is 6.02. The predicted molar refractivity (Wildman–Crippen MR) is 109 cm³/mol. The molecule has 1 heterocycles. The molecule has 0 aliphatic rings. The van der Waals surface area contributed by atoms with Gasteiger partial charge < -0.3 is 10.1 Å². The summed E-state index contributed by atoms with van der Waals surface area (Å²) in [4.78, 5) is 15.9. The average Bonchev–Trinajstić information content (AvgIpc) is 3.21. The number of carbonyl (C=O) groups excluding carboxylic acids is 1. The first kappa shape index (κ1) is 21.7. The van der Waals surface area contributed by atoms with E-state index in [0.717, 1.165) is 17.4 Å². The number of thiazole rings is 1. The molecule has 0 spiro atoms. The maximum Gasteiger partial charge on any atom is 0.263 e. The van der Waals surface area contributed by atoms with E-state index in [1.807, 2.05) is 0 Å². The van der Waals surface area contributed by atoms with Gasteiger partial charge in [-0.15, -0.1) is 11.3 Å². The summed E-state index contributed by atoms with van der Waals surface area (Å²) < 4.78 is 58.6. The van der Waals surface area contributed by atoms with Crippen LogP contribution in [0.4, 0.5) is 19.6 Å². The van der Waals surface area contributed by atoms with Crippen LogP contribution in [0, 0.1) is 11.6 Å². The Morgan fingerprint density at radius 3 is 2.60 bits per heavy atom. The van der Waals surface area contributed by atoms with Crippen LogP contribution in [0.15, 0.2) is 58.9 Å². The van der Waals surface area contributed by atoms with Gasteiger partial charge in [-0.3, -0.25) is 9.52 Å². The highest BCUT2D eigenvalue weighted by atomic mass is 32.2. The fourth-order valence-corrected chi connectivity index (χ4v) is 4.19. The Hall–Kier alpha value is -3.05. The third-order valence-corrected chi connectivity index (χ3v) is 6.00. The van der Waals surface area contributed by atoms with Crippen LogP contribution in [0.25, 0.3) is 0 Å². The van der Waals surface area contributed by atoms with Crippen molar-refractivity contribution >= 4 is 38.1 Å². The molecule has 158 valence electrons. The summed E-state index contributed by atoms with van der Waals surface area (Å²) in [5.74, 6) is -2.60. The van der Waals surface area contributed by atoms with E-state index in [2.05, 4.69) is 15.0 Å². The topological polar surface area (TPSA) is 97.4 Å². The molecule has 1 aromatic heterocycles. The maximum atomic E-state index is 13.5. The number of nitrogens with one attached hydrogen (secondary N) is 2. The minimum absolute atomic E-state index is 0.0289. The fraction of sp³-hybridized carbons (Fsp3) is 0.158. The molecule has 30 heavy (non-hydrogen) atoms. The van der Waals surface area contributed by atoms with E-state index in [1.165, 1.54) is 42.6 Å². The van der Waals surface area contributed by atoms with Crippen molar-refractivity contribution in [2.24, 2.45) is 0 Å². The molecule has 0 aliphatic carbocycles. The molecule has 11 heteroatoms. The summed E-state index contributed by atoms with van der Waals surface area (Å²) in [7, 11) is -3.77. The zero-order valence-corrected chi connectivity index (χ0v) is 17.1. The molecular weight excluding hydrogens is 436 g/mol. The quantitative estimate of drug-likeness (QED) is 0.477. The summed E-state index contributed by atoms with van der Waals surface area (Å²) in [6.45, 7) is 0.0351. The van der Waals surface area contributed by atoms with Gasteiger partial charge in [-0.1, -0.05) is 6.07 Å². The van der Waals surface area contributed by atoms with Gasteiger partial charge in [-0.2, -0.15) is 4.39 Å².